The predicted molar refractivity (Wildman–Crippen MR) is 49.2 cm³/mol. The molecule has 70 valence electrons. The maximum Gasteiger partial charge on any atom is 0.257 e. The van der Waals surface area contributed by atoms with Crippen LogP contribution in [0.2, 0.25) is 0 Å². The van der Waals surface area contributed by atoms with Crippen molar-refractivity contribution in [1.82, 2.24) is 9.88 Å². The van der Waals surface area contributed by atoms with Gasteiger partial charge in [0.05, 0.1) is 5.56 Å². The summed E-state index contributed by atoms with van der Waals surface area (Å²) < 4.78 is 1.95. The van der Waals surface area contributed by atoms with Gasteiger partial charge in [-0.3, -0.25) is 10.5 Å². The zero-order valence-electron chi connectivity index (χ0n) is 7.37. The number of nitrogens with two attached hydrogens (primary N) is 1. The number of amides is 1. The van der Waals surface area contributed by atoms with Crippen LogP contribution in [0, 0.1) is 0 Å². The van der Waals surface area contributed by atoms with Gasteiger partial charge in [0, 0.05) is 12.7 Å². The molecule has 0 saturated heterocycles. The smallest absolute Gasteiger partial charge is 0.257 e. The normalized spacial score (nSPS) is 20.5. The molecule has 1 aromatic heterocycles. The number of hydrogen-bond donors (Lipinski definition) is 3. The lowest BCUT2D eigenvalue weighted by Gasteiger charge is -2.23. The second-order valence-corrected chi connectivity index (χ2v) is 2.96. The average Bonchev–Trinajstić information content (AvgIpc) is 2.47. The van der Waals surface area contributed by atoms with Gasteiger partial charge < -0.3 is 15.2 Å². The van der Waals surface area contributed by atoms with E-state index in [1.807, 2.05) is 17.7 Å². The first-order valence-electron chi connectivity index (χ1n) is 4.24. The number of aryl methyl sites for hydroxylation is 1. The highest BCUT2D eigenvalue weighted by molar-refractivity contribution is 6.01. The summed E-state index contributed by atoms with van der Waals surface area (Å²) in [5, 5.41) is 5.59. The number of anilines is 1. The molecule has 13 heavy (non-hydrogen) atoms. The van der Waals surface area contributed by atoms with Gasteiger partial charge in [-0.15, -0.1) is 0 Å². The van der Waals surface area contributed by atoms with E-state index in [4.69, 9.17) is 5.73 Å². The predicted octanol–water partition coefficient (Wildman–Crippen LogP) is -0.0944. The topological polar surface area (TPSA) is 72.1 Å². The van der Waals surface area contributed by atoms with Crippen LogP contribution in [0.5, 0.6) is 0 Å². The van der Waals surface area contributed by atoms with E-state index < -0.39 is 6.29 Å². The number of carbonyl (C=O) groups is 1. The van der Waals surface area contributed by atoms with Crippen LogP contribution in [0.3, 0.4) is 0 Å². The summed E-state index contributed by atoms with van der Waals surface area (Å²) >= 11 is 0. The van der Waals surface area contributed by atoms with E-state index in [0.717, 1.165) is 12.4 Å². The minimum absolute atomic E-state index is 0.117. The summed E-state index contributed by atoms with van der Waals surface area (Å²) in [6, 6.07) is 1.78. The molecule has 1 atom stereocenters. The molecule has 1 aliphatic heterocycles. The Labute approximate surface area is 75.9 Å². The molecule has 0 fully saturated rings. The molecule has 0 aromatic carbocycles. The van der Waals surface area contributed by atoms with Gasteiger partial charge in [0.25, 0.3) is 5.91 Å². The highest BCUT2D eigenvalue weighted by Gasteiger charge is 2.23. The molecule has 5 heteroatoms. The van der Waals surface area contributed by atoms with Crippen LogP contribution in [0.1, 0.15) is 17.3 Å². The van der Waals surface area contributed by atoms with Gasteiger partial charge in [0.15, 0.2) is 6.29 Å². The van der Waals surface area contributed by atoms with Crippen molar-refractivity contribution in [3.63, 3.8) is 0 Å². The summed E-state index contributed by atoms with van der Waals surface area (Å²) in [6.07, 6.45) is 1.38. The highest BCUT2D eigenvalue weighted by Crippen LogP contribution is 2.20. The fourth-order valence-corrected chi connectivity index (χ4v) is 1.48. The quantitative estimate of drug-likeness (QED) is 0.565. The van der Waals surface area contributed by atoms with Gasteiger partial charge in [-0.1, -0.05) is 0 Å². The Bertz CT molecular complexity index is 344. The summed E-state index contributed by atoms with van der Waals surface area (Å²) in [4.78, 5) is 11.4. The van der Waals surface area contributed by atoms with Crippen LogP contribution in [-0.4, -0.2) is 16.8 Å². The molecule has 2 rings (SSSR count). The van der Waals surface area contributed by atoms with E-state index in [2.05, 4.69) is 10.6 Å². The largest absolute Gasteiger partial charge is 0.339 e. The van der Waals surface area contributed by atoms with Gasteiger partial charge in [0.1, 0.15) is 5.82 Å². The second kappa shape index (κ2) is 2.77. The lowest BCUT2D eigenvalue weighted by molar-refractivity contribution is 0.0937. The van der Waals surface area contributed by atoms with Crippen LogP contribution < -0.4 is 16.4 Å². The first kappa shape index (κ1) is 8.12. The number of rotatable bonds is 1. The van der Waals surface area contributed by atoms with Crippen molar-refractivity contribution in [1.29, 1.82) is 0 Å². The number of nitrogens with zero attached hydrogens (tertiary/aromatic N) is 1. The van der Waals surface area contributed by atoms with E-state index in [1.54, 1.807) is 6.07 Å². The number of carbonyl (C=O) groups excluding carboxylic acids is 1. The standard InChI is InChI=1S/C8H12N4O/c1-2-12-4-3-5-6(12)10-8(9)11-7(5)13/h3-4,8,10H,2,9H2,1H3,(H,11,13). The Morgan fingerprint density at radius 1 is 1.62 bits per heavy atom. The van der Waals surface area contributed by atoms with Crippen molar-refractivity contribution in [2.24, 2.45) is 5.73 Å². The van der Waals surface area contributed by atoms with Crippen molar-refractivity contribution >= 4 is 11.7 Å². The van der Waals surface area contributed by atoms with Gasteiger partial charge in [-0.2, -0.15) is 0 Å². The monoisotopic (exact) mass is 180 g/mol. The van der Waals surface area contributed by atoms with E-state index in [-0.39, 0.29) is 5.91 Å². The van der Waals surface area contributed by atoms with Crippen molar-refractivity contribution in [2.75, 3.05) is 5.32 Å². The Morgan fingerprint density at radius 3 is 3.08 bits per heavy atom. The molecule has 1 aromatic rings. The van der Waals surface area contributed by atoms with Crippen LogP contribution in [0.25, 0.3) is 0 Å². The second-order valence-electron chi connectivity index (χ2n) is 2.96. The SMILES string of the molecule is CCn1ccc2c1NC(N)NC2=O. The van der Waals surface area contributed by atoms with Crippen LogP contribution >= 0.6 is 0 Å². The number of hydrogen-bond acceptors (Lipinski definition) is 3. The molecule has 4 N–H and O–H groups in total. The van der Waals surface area contributed by atoms with Crippen molar-refractivity contribution < 1.29 is 4.79 Å². The maximum absolute atomic E-state index is 11.4. The zero-order valence-corrected chi connectivity index (χ0v) is 7.37. The molecule has 0 bridgehead atoms. The molecular formula is C8H12N4O. The molecule has 0 saturated carbocycles. The minimum atomic E-state index is -0.486. The molecule has 1 unspecified atom stereocenters. The lowest BCUT2D eigenvalue weighted by Crippen LogP contribution is -2.51. The van der Waals surface area contributed by atoms with Crippen molar-refractivity contribution in [2.45, 2.75) is 19.8 Å². The van der Waals surface area contributed by atoms with E-state index >= 15 is 0 Å². The van der Waals surface area contributed by atoms with Crippen molar-refractivity contribution in [3.8, 4) is 0 Å². The molecule has 0 radical (unpaired) electrons. The summed E-state index contributed by atoms with van der Waals surface area (Å²) in [6.45, 7) is 2.84. The summed E-state index contributed by atoms with van der Waals surface area (Å²) in [5.74, 6) is 0.687. The number of fused-ring (bicyclic) bond motifs is 1. The van der Waals surface area contributed by atoms with E-state index in [9.17, 15) is 4.79 Å². The molecule has 5 nitrogen and oxygen atoms in total. The molecular weight excluding hydrogens is 168 g/mol. The molecule has 2 heterocycles. The Balaban J connectivity index is 2.45. The Morgan fingerprint density at radius 2 is 2.38 bits per heavy atom. The zero-order chi connectivity index (χ0) is 9.42. The van der Waals surface area contributed by atoms with Crippen LogP contribution in [-0.2, 0) is 6.54 Å². The first-order valence-corrected chi connectivity index (χ1v) is 4.24. The van der Waals surface area contributed by atoms with Gasteiger partial charge >= 0.3 is 0 Å². The van der Waals surface area contributed by atoms with Gasteiger partial charge in [0.2, 0.25) is 0 Å². The number of aromatic nitrogens is 1. The van der Waals surface area contributed by atoms with Gasteiger partial charge in [-0.25, -0.2) is 0 Å². The van der Waals surface area contributed by atoms with E-state index in [1.165, 1.54) is 0 Å². The highest BCUT2D eigenvalue weighted by atomic mass is 16.2. The third-order valence-electron chi connectivity index (χ3n) is 2.13. The van der Waals surface area contributed by atoms with E-state index in [0.29, 0.717) is 5.56 Å². The molecule has 1 amide bonds. The summed E-state index contributed by atoms with van der Waals surface area (Å²) in [7, 11) is 0. The Kier molecular flexibility index (Phi) is 1.73. The lowest BCUT2D eigenvalue weighted by atomic mass is 10.2. The third kappa shape index (κ3) is 1.17. The Hall–Kier alpha value is -1.49. The fourth-order valence-electron chi connectivity index (χ4n) is 1.48. The molecule has 0 aliphatic carbocycles. The summed E-state index contributed by atoms with van der Waals surface area (Å²) in [5.41, 5.74) is 6.22. The molecule has 0 spiro atoms. The number of nitrogens with one attached hydrogen (secondary N) is 2. The first-order chi connectivity index (χ1) is 6.22. The van der Waals surface area contributed by atoms with Gasteiger partial charge in [-0.05, 0) is 13.0 Å². The average molecular weight is 180 g/mol. The van der Waals surface area contributed by atoms with Crippen molar-refractivity contribution in [3.05, 3.63) is 17.8 Å². The maximum atomic E-state index is 11.4. The van der Waals surface area contributed by atoms with Crippen LogP contribution in [0.15, 0.2) is 12.3 Å². The van der Waals surface area contributed by atoms with Crippen LogP contribution in [0.4, 0.5) is 5.82 Å². The molecule has 1 aliphatic rings. The minimum Gasteiger partial charge on any atom is -0.339 e. The fraction of sp³-hybridized carbons (Fsp3) is 0.375. The third-order valence-corrected chi connectivity index (χ3v) is 2.13.